The van der Waals surface area contributed by atoms with E-state index in [-0.39, 0.29) is 28.2 Å². The van der Waals surface area contributed by atoms with Crippen LogP contribution in [0.3, 0.4) is 0 Å². The molecule has 0 unspecified atom stereocenters. The largest absolute Gasteiger partial charge is 0.416 e. The molecule has 0 atom stereocenters. The predicted molar refractivity (Wildman–Crippen MR) is 72.8 cm³/mol. The van der Waals surface area contributed by atoms with Crippen molar-refractivity contribution >= 4 is 17.0 Å². The molecule has 2 nitrogen and oxygen atoms in total. The molecule has 22 heavy (non-hydrogen) atoms. The standard InChI is InChI=1S/C13H7F6NO.BrH/c14-12(15,16)8-3-1-7(2-4-8)10-5-9(13(17,18)19)6-11(21)20-10;/h1-6H,(H,20,21);1H. The van der Waals surface area contributed by atoms with E-state index in [1.165, 1.54) is 0 Å². The molecular formula is C13H8BrF6NO. The Morgan fingerprint density at radius 1 is 0.773 bits per heavy atom. The maximum absolute atomic E-state index is 12.6. The highest BCUT2D eigenvalue weighted by molar-refractivity contribution is 8.93. The van der Waals surface area contributed by atoms with Crippen molar-refractivity contribution in [2.75, 3.05) is 0 Å². The summed E-state index contributed by atoms with van der Waals surface area (Å²) in [6.07, 6.45) is -9.26. The molecule has 9 heteroatoms. The third-order valence-electron chi connectivity index (χ3n) is 2.69. The van der Waals surface area contributed by atoms with Crippen molar-refractivity contribution < 1.29 is 26.3 Å². The molecule has 0 bridgehead atoms. The zero-order chi connectivity index (χ0) is 15.8. The fourth-order valence-electron chi connectivity index (χ4n) is 1.70. The lowest BCUT2D eigenvalue weighted by Crippen LogP contribution is -2.13. The number of H-pyrrole nitrogens is 1. The minimum absolute atomic E-state index is 0. The van der Waals surface area contributed by atoms with Gasteiger partial charge in [-0.05, 0) is 23.8 Å². The van der Waals surface area contributed by atoms with Gasteiger partial charge in [0, 0.05) is 11.8 Å². The highest BCUT2D eigenvalue weighted by Gasteiger charge is 2.32. The normalized spacial score (nSPS) is 11.9. The maximum Gasteiger partial charge on any atom is 0.416 e. The van der Waals surface area contributed by atoms with Gasteiger partial charge in [-0.3, -0.25) is 4.79 Å². The van der Waals surface area contributed by atoms with Crippen LogP contribution >= 0.6 is 17.0 Å². The highest BCUT2D eigenvalue weighted by Crippen LogP contribution is 2.32. The Balaban J connectivity index is 0.00000242. The molecule has 120 valence electrons. The molecule has 0 fully saturated rings. The number of hydrogen-bond donors (Lipinski definition) is 1. The Morgan fingerprint density at radius 2 is 1.27 bits per heavy atom. The molecule has 0 aliphatic carbocycles. The van der Waals surface area contributed by atoms with Gasteiger partial charge < -0.3 is 4.98 Å². The summed E-state index contributed by atoms with van der Waals surface area (Å²) in [7, 11) is 0. The van der Waals surface area contributed by atoms with Crippen LogP contribution in [0.5, 0.6) is 0 Å². The molecule has 0 saturated carbocycles. The van der Waals surface area contributed by atoms with Crippen molar-refractivity contribution in [3.8, 4) is 11.3 Å². The molecule has 0 radical (unpaired) electrons. The summed E-state index contributed by atoms with van der Waals surface area (Å²) in [5.74, 6) is 0. The smallest absolute Gasteiger partial charge is 0.322 e. The molecular weight excluding hydrogens is 380 g/mol. The first kappa shape index (κ1) is 18.3. The van der Waals surface area contributed by atoms with Gasteiger partial charge in [0.2, 0.25) is 5.56 Å². The molecule has 0 aliphatic heterocycles. The van der Waals surface area contributed by atoms with E-state index in [4.69, 9.17) is 0 Å². The number of hydrogen-bond acceptors (Lipinski definition) is 1. The number of rotatable bonds is 1. The van der Waals surface area contributed by atoms with Gasteiger partial charge in [0.1, 0.15) is 0 Å². The zero-order valence-corrected chi connectivity index (χ0v) is 12.3. The van der Waals surface area contributed by atoms with Gasteiger partial charge in [-0.1, -0.05) is 12.1 Å². The number of pyridine rings is 1. The fraction of sp³-hybridized carbons (Fsp3) is 0.154. The summed E-state index contributed by atoms with van der Waals surface area (Å²) >= 11 is 0. The van der Waals surface area contributed by atoms with E-state index >= 15 is 0 Å². The minimum Gasteiger partial charge on any atom is -0.322 e. The Morgan fingerprint density at radius 3 is 1.73 bits per heavy atom. The third-order valence-corrected chi connectivity index (χ3v) is 2.69. The van der Waals surface area contributed by atoms with Crippen LogP contribution in [0.4, 0.5) is 26.3 Å². The molecule has 2 rings (SSSR count). The summed E-state index contributed by atoms with van der Waals surface area (Å²) in [4.78, 5) is 13.4. The molecule has 1 aromatic carbocycles. The van der Waals surface area contributed by atoms with E-state index in [0.717, 1.165) is 24.3 Å². The first-order valence-electron chi connectivity index (χ1n) is 5.56. The Kier molecular flexibility index (Phi) is 5.11. The van der Waals surface area contributed by atoms with Crippen LogP contribution in [0.25, 0.3) is 11.3 Å². The average molecular weight is 388 g/mol. The topological polar surface area (TPSA) is 32.9 Å². The van der Waals surface area contributed by atoms with Gasteiger partial charge in [0.05, 0.1) is 11.1 Å². The number of alkyl halides is 6. The van der Waals surface area contributed by atoms with Crippen molar-refractivity contribution in [2.24, 2.45) is 0 Å². The van der Waals surface area contributed by atoms with Crippen molar-refractivity contribution in [3.63, 3.8) is 0 Å². The van der Waals surface area contributed by atoms with Gasteiger partial charge in [-0.2, -0.15) is 26.3 Å². The lowest BCUT2D eigenvalue weighted by Gasteiger charge is -2.10. The second-order valence-corrected chi connectivity index (χ2v) is 4.22. The minimum atomic E-state index is -4.71. The quantitative estimate of drug-likeness (QED) is 0.709. The Labute approximate surface area is 130 Å². The van der Waals surface area contributed by atoms with Crippen LogP contribution in [0.2, 0.25) is 0 Å². The Hall–Kier alpha value is -1.77. The van der Waals surface area contributed by atoms with Gasteiger partial charge in [0.15, 0.2) is 0 Å². The van der Waals surface area contributed by atoms with E-state index in [9.17, 15) is 31.1 Å². The van der Waals surface area contributed by atoms with Crippen molar-refractivity contribution in [1.82, 2.24) is 4.98 Å². The van der Waals surface area contributed by atoms with Crippen molar-refractivity contribution in [2.45, 2.75) is 12.4 Å². The number of benzene rings is 1. The van der Waals surface area contributed by atoms with E-state index in [0.29, 0.717) is 12.1 Å². The molecule has 0 aliphatic rings. The van der Waals surface area contributed by atoms with E-state index < -0.39 is 29.0 Å². The molecule has 1 heterocycles. The summed E-state index contributed by atoms with van der Waals surface area (Å²) in [5.41, 5.74) is -3.24. The average Bonchev–Trinajstić information content (AvgIpc) is 2.36. The van der Waals surface area contributed by atoms with E-state index in [2.05, 4.69) is 4.98 Å². The van der Waals surface area contributed by atoms with Gasteiger partial charge in [-0.25, -0.2) is 0 Å². The summed E-state index contributed by atoms with van der Waals surface area (Å²) in [5, 5.41) is 0. The Bertz CT molecular complexity index is 702. The lowest BCUT2D eigenvalue weighted by atomic mass is 10.1. The van der Waals surface area contributed by atoms with Gasteiger partial charge >= 0.3 is 12.4 Å². The molecule has 0 saturated heterocycles. The molecule has 0 spiro atoms. The summed E-state index contributed by atoms with van der Waals surface area (Å²) in [6, 6.07) is 4.50. The first-order chi connectivity index (χ1) is 9.57. The number of nitrogens with one attached hydrogen (secondary N) is 1. The number of aromatic amines is 1. The van der Waals surface area contributed by atoms with Crippen molar-refractivity contribution in [3.05, 3.63) is 57.9 Å². The monoisotopic (exact) mass is 387 g/mol. The van der Waals surface area contributed by atoms with Crippen LogP contribution in [-0.2, 0) is 12.4 Å². The number of aromatic nitrogens is 1. The first-order valence-corrected chi connectivity index (χ1v) is 5.56. The van der Waals surface area contributed by atoms with Crippen LogP contribution in [0.15, 0.2) is 41.2 Å². The lowest BCUT2D eigenvalue weighted by molar-refractivity contribution is -0.138. The van der Waals surface area contributed by atoms with Crippen LogP contribution in [-0.4, -0.2) is 4.98 Å². The van der Waals surface area contributed by atoms with Crippen LogP contribution in [0.1, 0.15) is 11.1 Å². The van der Waals surface area contributed by atoms with Gasteiger partial charge in [-0.15, -0.1) is 17.0 Å². The predicted octanol–water partition coefficient (Wildman–Crippen LogP) is 4.66. The van der Waals surface area contributed by atoms with Gasteiger partial charge in [0.25, 0.3) is 0 Å². The molecule has 1 aromatic heterocycles. The maximum atomic E-state index is 12.6. The summed E-state index contributed by atoms with van der Waals surface area (Å²) in [6.45, 7) is 0. The molecule has 2 aromatic rings. The summed E-state index contributed by atoms with van der Waals surface area (Å²) < 4.78 is 74.9. The SMILES string of the molecule is Br.O=c1cc(C(F)(F)F)cc(-c2ccc(C(F)(F)F)cc2)[nH]1. The van der Waals surface area contributed by atoms with E-state index in [1.54, 1.807) is 0 Å². The second kappa shape index (κ2) is 6.15. The van der Waals surface area contributed by atoms with Crippen LogP contribution in [0, 0.1) is 0 Å². The second-order valence-electron chi connectivity index (χ2n) is 4.22. The third kappa shape index (κ3) is 4.12. The molecule has 0 amide bonds. The zero-order valence-electron chi connectivity index (χ0n) is 10.5. The van der Waals surface area contributed by atoms with Crippen LogP contribution < -0.4 is 5.56 Å². The molecule has 1 N–H and O–H groups in total. The van der Waals surface area contributed by atoms with Crippen molar-refractivity contribution in [1.29, 1.82) is 0 Å². The fourth-order valence-corrected chi connectivity index (χ4v) is 1.70. The number of halogens is 7. The highest BCUT2D eigenvalue weighted by atomic mass is 79.9. The van der Waals surface area contributed by atoms with E-state index in [1.807, 2.05) is 0 Å².